The lowest BCUT2D eigenvalue weighted by molar-refractivity contribution is -0.124. The van der Waals surface area contributed by atoms with E-state index in [9.17, 15) is 14.0 Å². The molecule has 0 bridgehead atoms. The minimum atomic E-state index is -0.414. The van der Waals surface area contributed by atoms with Crippen molar-refractivity contribution >= 4 is 23.7 Å². The monoisotopic (exact) mass is 373 g/mol. The first kappa shape index (κ1) is 19.9. The maximum atomic E-state index is 12.8. The lowest BCUT2D eigenvalue weighted by Crippen LogP contribution is -2.20. The first-order chi connectivity index (χ1) is 13.0. The average molecular weight is 373 g/mol. The molecule has 2 N–H and O–H groups in total. The summed E-state index contributed by atoms with van der Waals surface area (Å²) >= 11 is 0. The molecular weight excluding hydrogens is 353 g/mol. The maximum Gasteiger partial charge on any atom is 0.240 e. The van der Waals surface area contributed by atoms with Crippen LogP contribution in [0.25, 0.3) is 0 Å². The zero-order valence-electron chi connectivity index (χ0n) is 15.0. The van der Waals surface area contributed by atoms with E-state index in [1.807, 2.05) is 0 Å². The van der Waals surface area contributed by atoms with E-state index >= 15 is 0 Å². The molecule has 0 aliphatic carbocycles. The average Bonchev–Trinajstić information content (AvgIpc) is 2.68. The van der Waals surface area contributed by atoms with Gasteiger partial charge in [0.25, 0.3) is 0 Å². The molecule has 2 amide bonds. The van der Waals surface area contributed by atoms with Crippen LogP contribution < -0.4 is 20.2 Å². The van der Waals surface area contributed by atoms with Crippen LogP contribution in [0, 0.1) is 5.82 Å². The van der Waals surface area contributed by atoms with Gasteiger partial charge in [-0.2, -0.15) is 5.10 Å². The van der Waals surface area contributed by atoms with Crippen LogP contribution in [0.1, 0.15) is 18.4 Å². The molecule has 0 radical (unpaired) electrons. The summed E-state index contributed by atoms with van der Waals surface area (Å²) in [5, 5.41) is 6.44. The number of nitrogens with zero attached hydrogens (tertiary/aromatic N) is 1. The third-order valence-electron chi connectivity index (χ3n) is 3.54. The molecule has 0 atom stereocenters. The van der Waals surface area contributed by atoms with Gasteiger partial charge in [0.2, 0.25) is 11.8 Å². The molecule has 27 heavy (non-hydrogen) atoms. The number of amides is 2. The number of hydrogen-bond donors (Lipinski definition) is 2. The second kappa shape index (κ2) is 9.91. The number of nitrogens with one attached hydrogen (secondary N) is 2. The highest BCUT2D eigenvalue weighted by Crippen LogP contribution is 2.22. The minimum Gasteiger partial charge on any atom is -0.497 e. The van der Waals surface area contributed by atoms with E-state index in [1.54, 1.807) is 25.3 Å². The van der Waals surface area contributed by atoms with Gasteiger partial charge in [-0.05, 0) is 42.5 Å². The van der Waals surface area contributed by atoms with Gasteiger partial charge in [-0.15, -0.1) is 0 Å². The van der Waals surface area contributed by atoms with Crippen molar-refractivity contribution in [3.05, 3.63) is 53.8 Å². The number of rotatable bonds is 8. The molecule has 0 heterocycles. The number of hydrazone groups is 1. The summed E-state index contributed by atoms with van der Waals surface area (Å²) in [5.74, 6) is 0.0454. The Hall–Kier alpha value is -3.42. The molecular formula is C19H20FN3O4. The second-order valence-corrected chi connectivity index (χ2v) is 5.46. The van der Waals surface area contributed by atoms with Crippen molar-refractivity contribution in [1.82, 2.24) is 5.43 Å². The topological polar surface area (TPSA) is 89.0 Å². The predicted octanol–water partition coefficient (Wildman–Crippen LogP) is 2.71. The highest BCUT2D eigenvalue weighted by molar-refractivity contribution is 5.93. The Balaban J connectivity index is 1.81. The summed E-state index contributed by atoms with van der Waals surface area (Å²) in [6.45, 7) is 0. The Labute approximate surface area is 156 Å². The molecule has 0 aliphatic rings. The van der Waals surface area contributed by atoms with Crippen molar-refractivity contribution in [2.75, 3.05) is 19.5 Å². The standard InChI is InChI=1S/C19H20FN3O4/c1-26-16-7-8-17(27-2)13(11-16)12-21-23-19(25)10-9-18(24)22-15-5-3-14(20)4-6-15/h3-8,11-12H,9-10H2,1-2H3,(H,22,24)(H,23,25). The Kier molecular flexibility index (Phi) is 7.30. The Bertz CT molecular complexity index is 822. The van der Waals surface area contributed by atoms with E-state index < -0.39 is 11.7 Å². The maximum absolute atomic E-state index is 12.8. The van der Waals surface area contributed by atoms with Gasteiger partial charge in [0.15, 0.2) is 0 Å². The Morgan fingerprint density at radius 2 is 1.74 bits per heavy atom. The normalized spacial score (nSPS) is 10.5. The van der Waals surface area contributed by atoms with E-state index in [2.05, 4.69) is 15.8 Å². The lowest BCUT2D eigenvalue weighted by atomic mass is 10.2. The molecule has 0 spiro atoms. The lowest BCUT2D eigenvalue weighted by Gasteiger charge is -2.07. The highest BCUT2D eigenvalue weighted by Gasteiger charge is 2.07. The van der Waals surface area contributed by atoms with Gasteiger partial charge in [-0.1, -0.05) is 0 Å². The SMILES string of the molecule is COc1ccc(OC)c(C=NNC(=O)CCC(=O)Nc2ccc(F)cc2)c1. The number of halogens is 1. The van der Waals surface area contributed by atoms with Crippen LogP contribution in [0.5, 0.6) is 11.5 Å². The summed E-state index contributed by atoms with van der Waals surface area (Å²) in [4.78, 5) is 23.6. The second-order valence-electron chi connectivity index (χ2n) is 5.46. The number of methoxy groups -OCH3 is 2. The molecule has 8 heteroatoms. The largest absolute Gasteiger partial charge is 0.497 e. The van der Waals surface area contributed by atoms with E-state index in [4.69, 9.17) is 9.47 Å². The van der Waals surface area contributed by atoms with Gasteiger partial charge in [0, 0.05) is 24.1 Å². The first-order valence-corrected chi connectivity index (χ1v) is 8.11. The molecule has 7 nitrogen and oxygen atoms in total. The van der Waals surface area contributed by atoms with Crippen LogP contribution in [0.3, 0.4) is 0 Å². The zero-order chi connectivity index (χ0) is 19.6. The fourth-order valence-electron chi connectivity index (χ4n) is 2.15. The first-order valence-electron chi connectivity index (χ1n) is 8.11. The Morgan fingerprint density at radius 3 is 2.41 bits per heavy atom. The van der Waals surface area contributed by atoms with Crippen LogP contribution in [-0.4, -0.2) is 32.2 Å². The van der Waals surface area contributed by atoms with Gasteiger partial charge in [0.05, 0.1) is 20.4 Å². The summed E-state index contributed by atoms with van der Waals surface area (Å²) in [6, 6.07) is 10.5. The Morgan fingerprint density at radius 1 is 1.04 bits per heavy atom. The van der Waals surface area contributed by atoms with E-state index in [0.717, 1.165) is 0 Å². The van der Waals surface area contributed by atoms with Crippen molar-refractivity contribution in [3.8, 4) is 11.5 Å². The van der Waals surface area contributed by atoms with Crippen LogP contribution >= 0.6 is 0 Å². The van der Waals surface area contributed by atoms with Gasteiger partial charge in [-0.3, -0.25) is 9.59 Å². The van der Waals surface area contributed by atoms with Crippen molar-refractivity contribution < 1.29 is 23.5 Å². The number of carbonyl (C=O) groups is 2. The molecule has 142 valence electrons. The summed E-state index contributed by atoms with van der Waals surface area (Å²) < 4.78 is 23.2. The van der Waals surface area contributed by atoms with Crippen LogP contribution in [0.15, 0.2) is 47.6 Å². The molecule has 2 aromatic carbocycles. The number of carbonyl (C=O) groups excluding carboxylic acids is 2. The van der Waals surface area contributed by atoms with Gasteiger partial charge >= 0.3 is 0 Å². The molecule has 0 unspecified atom stereocenters. The van der Waals surface area contributed by atoms with E-state index in [-0.39, 0.29) is 18.7 Å². The van der Waals surface area contributed by atoms with Crippen molar-refractivity contribution in [3.63, 3.8) is 0 Å². The van der Waals surface area contributed by atoms with Crippen molar-refractivity contribution in [2.45, 2.75) is 12.8 Å². The van der Waals surface area contributed by atoms with Crippen molar-refractivity contribution in [2.24, 2.45) is 5.10 Å². The van der Waals surface area contributed by atoms with E-state index in [1.165, 1.54) is 37.6 Å². The zero-order valence-corrected chi connectivity index (χ0v) is 15.0. The fraction of sp³-hybridized carbons (Fsp3) is 0.211. The predicted molar refractivity (Wildman–Crippen MR) is 99.5 cm³/mol. The van der Waals surface area contributed by atoms with Crippen LogP contribution in [0.2, 0.25) is 0 Å². The van der Waals surface area contributed by atoms with E-state index in [0.29, 0.717) is 22.7 Å². The van der Waals surface area contributed by atoms with Crippen molar-refractivity contribution in [1.29, 1.82) is 0 Å². The highest BCUT2D eigenvalue weighted by atomic mass is 19.1. The molecule has 2 rings (SSSR count). The molecule has 0 aromatic heterocycles. The van der Waals surface area contributed by atoms with Gasteiger partial charge in [0.1, 0.15) is 17.3 Å². The molecule has 0 fully saturated rings. The molecule has 0 aliphatic heterocycles. The van der Waals surface area contributed by atoms with Gasteiger partial charge in [-0.25, -0.2) is 9.82 Å². The molecule has 0 saturated carbocycles. The summed E-state index contributed by atoms with van der Waals surface area (Å²) in [5.41, 5.74) is 3.44. The van der Waals surface area contributed by atoms with Crippen LogP contribution in [-0.2, 0) is 9.59 Å². The summed E-state index contributed by atoms with van der Waals surface area (Å²) in [6.07, 6.45) is 1.36. The number of hydrogen-bond acceptors (Lipinski definition) is 5. The smallest absolute Gasteiger partial charge is 0.240 e. The minimum absolute atomic E-state index is 0.0266. The molecule has 0 saturated heterocycles. The third kappa shape index (κ3) is 6.43. The van der Waals surface area contributed by atoms with Gasteiger partial charge < -0.3 is 14.8 Å². The summed E-state index contributed by atoms with van der Waals surface area (Å²) in [7, 11) is 3.07. The molecule has 2 aromatic rings. The number of ether oxygens (including phenoxy) is 2. The van der Waals surface area contributed by atoms with Crippen LogP contribution in [0.4, 0.5) is 10.1 Å². The number of benzene rings is 2. The third-order valence-corrected chi connectivity index (χ3v) is 3.54. The quantitative estimate of drug-likeness (QED) is 0.550. The fourth-order valence-corrected chi connectivity index (χ4v) is 2.15. The number of anilines is 1.